The standard InChI is InChI=1S/C10H17N3S/c1-8-7-14-10(12-8)5-11-9-3-4-13(2)6-9/h7,9,11H,3-6H2,1-2H3. The summed E-state index contributed by atoms with van der Waals surface area (Å²) < 4.78 is 0. The van der Waals surface area contributed by atoms with Crippen LogP contribution >= 0.6 is 11.3 Å². The van der Waals surface area contributed by atoms with Crippen LogP contribution in [0.1, 0.15) is 17.1 Å². The van der Waals surface area contributed by atoms with E-state index in [1.807, 2.05) is 6.92 Å². The summed E-state index contributed by atoms with van der Waals surface area (Å²) in [4.78, 5) is 6.80. The molecule has 0 saturated carbocycles. The summed E-state index contributed by atoms with van der Waals surface area (Å²) in [5, 5.41) is 6.86. The van der Waals surface area contributed by atoms with Crippen LogP contribution in [0.25, 0.3) is 0 Å². The Morgan fingerprint density at radius 1 is 1.71 bits per heavy atom. The Hall–Kier alpha value is -0.450. The van der Waals surface area contributed by atoms with E-state index in [9.17, 15) is 0 Å². The van der Waals surface area contributed by atoms with Crippen molar-refractivity contribution in [1.29, 1.82) is 0 Å². The number of likely N-dealkylation sites (N-methyl/N-ethyl adjacent to an activating group) is 1. The summed E-state index contributed by atoms with van der Waals surface area (Å²) in [5.41, 5.74) is 1.13. The number of aryl methyl sites for hydroxylation is 1. The average molecular weight is 211 g/mol. The van der Waals surface area contributed by atoms with Crippen molar-refractivity contribution in [2.45, 2.75) is 25.9 Å². The molecule has 1 aliphatic heterocycles. The molecule has 1 unspecified atom stereocenters. The van der Waals surface area contributed by atoms with Crippen molar-refractivity contribution in [3.8, 4) is 0 Å². The quantitative estimate of drug-likeness (QED) is 0.815. The van der Waals surface area contributed by atoms with Gasteiger partial charge in [0.15, 0.2) is 0 Å². The van der Waals surface area contributed by atoms with Gasteiger partial charge in [0, 0.05) is 30.2 Å². The highest BCUT2D eigenvalue weighted by Crippen LogP contribution is 2.10. The molecule has 3 nitrogen and oxygen atoms in total. The number of nitrogens with zero attached hydrogens (tertiary/aromatic N) is 2. The third kappa shape index (κ3) is 2.53. The lowest BCUT2D eigenvalue weighted by Crippen LogP contribution is -2.30. The van der Waals surface area contributed by atoms with E-state index in [4.69, 9.17) is 0 Å². The number of hydrogen-bond donors (Lipinski definition) is 1. The second-order valence-electron chi connectivity index (χ2n) is 4.01. The molecule has 0 spiro atoms. The Balaban J connectivity index is 1.77. The van der Waals surface area contributed by atoms with Crippen molar-refractivity contribution in [3.63, 3.8) is 0 Å². The van der Waals surface area contributed by atoms with Gasteiger partial charge in [-0.25, -0.2) is 4.98 Å². The van der Waals surface area contributed by atoms with Gasteiger partial charge in [0.2, 0.25) is 0 Å². The highest BCUT2D eigenvalue weighted by molar-refractivity contribution is 7.09. The van der Waals surface area contributed by atoms with Crippen LogP contribution < -0.4 is 5.32 Å². The van der Waals surface area contributed by atoms with Crippen LogP contribution in [0.4, 0.5) is 0 Å². The van der Waals surface area contributed by atoms with Gasteiger partial charge in [-0.1, -0.05) is 0 Å². The maximum atomic E-state index is 4.43. The summed E-state index contributed by atoms with van der Waals surface area (Å²) in [5.74, 6) is 0. The minimum Gasteiger partial charge on any atom is -0.306 e. The zero-order valence-electron chi connectivity index (χ0n) is 8.79. The second kappa shape index (κ2) is 4.38. The van der Waals surface area contributed by atoms with Gasteiger partial charge in [-0.05, 0) is 26.9 Å². The number of hydrogen-bond acceptors (Lipinski definition) is 4. The molecule has 14 heavy (non-hydrogen) atoms. The van der Waals surface area contributed by atoms with Gasteiger partial charge in [0.1, 0.15) is 5.01 Å². The molecule has 1 saturated heterocycles. The Labute approximate surface area is 89.1 Å². The Bertz CT molecular complexity index is 297. The highest BCUT2D eigenvalue weighted by Gasteiger charge is 2.18. The molecule has 4 heteroatoms. The number of rotatable bonds is 3. The third-order valence-electron chi connectivity index (χ3n) is 2.60. The molecule has 1 atom stereocenters. The number of likely N-dealkylation sites (tertiary alicyclic amines) is 1. The maximum Gasteiger partial charge on any atom is 0.107 e. The van der Waals surface area contributed by atoms with Crippen LogP contribution in [0.3, 0.4) is 0 Å². The molecular formula is C10H17N3S. The van der Waals surface area contributed by atoms with Gasteiger partial charge in [-0.2, -0.15) is 0 Å². The SMILES string of the molecule is Cc1csc(CNC2CCN(C)C2)n1. The molecule has 2 rings (SSSR count). The Kier molecular flexibility index (Phi) is 3.15. The van der Waals surface area contributed by atoms with Crippen molar-refractivity contribution < 1.29 is 0 Å². The van der Waals surface area contributed by atoms with Crippen LogP contribution in [-0.4, -0.2) is 36.1 Å². The first-order valence-electron chi connectivity index (χ1n) is 5.07. The summed E-state index contributed by atoms with van der Waals surface area (Å²) in [7, 11) is 2.18. The molecule has 0 amide bonds. The minimum atomic E-state index is 0.657. The maximum absolute atomic E-state index is 4.43. The first-order chi connectivity index (χ1) is 6.74. The van der Waals surface area contributed by atoms with Crippen molar-refractivity contribution in [2.24, 2.45) is 0 Å². The summed E-state index contributed by atoms with van der Waals surface area (Å²) in [6.45, 7) is 5.36. The predicted octanol–water partition coefficient (Wildman–Crippen LogP) is 1.25. The van der Waals surface area contributed by atoms with Gasteiger partial charge >= 0.3 is 0 Å². The van der Waals surface area contributed by atoms with E-state index in [2.05, 4.69) is 27.6 Å². The van der Waals surface area contributed by atoms with Crippen LogP contribution in [0.2, 0.25) is 0 Å². The summed E-state index contributed by atoms with van der Waals surface area (Å²) >= 11 is 1.75. The lowest BCUT2D eigenvalue weighted by atomic mass is 10.3. The van der Waals surface area contributed by atoms with E-state index in [1.54, 1.807) is 11.3 Å². The average Bonchev–Trinajstić information content (AvgIpc) is 2.72. The number of aromatic nitrogens is 1. The molecule has 1 aliphatic rings. The van der Waals surface area contributed by atoms with Crippen LogP contribution in [0.5, 0.6) is 0 Å². The molecule has 2 heterocycles. The van der Waals surface area contributed by atoms with Gasteiger partial charge in [-0.3, -0.25) is 0 Å². The molecule has 78 valence electrons. The molecule has 1 aromatic heterocycles. The smallest absolute Gasteiger partial charge is 0.107 e. The van der Waals surface area contributed by atoms with Gasteiger partial charge < -0.3 is 10.2 Å². The largest absolute Gasteiger partial charge is 0.306 e. The topological polar surface area (TPSA) is 28.2 Å². The predicted molar refractivity (Wildman–Crippen MR) is 59.6 cm³/mol. The van der Waals surface area contributed by atoms with Crippen molar-refractivity contribution in [3.05, 3.63) is 16.1 Å². The van der Waals surface area contributed by atoms with Crippen molar-refractivity contribution in [1.82, 2.24) is 15.2 Å². The monoisotopic (exact) mass is 211 g/mol. The number of thiazole rings is 1. The fourth-order valence-electron chi connectivity index (χ4n) is 1.82. The molecule has 1 fully saturated rings. The van der Waals surface area contributed by atoms with Crippen LogP contribution in [0, 0.1) is 6.92 Å². The van der Waals surface area contributed by atoms with E-state index >= 15 is 0 Å². The highest BCUT2D eigenvalue weighted by atomic mass is 32.1. The van der Waals surface area contributed by atoms with E-state index in [1.165, 1.54) is 24.5 Å². The van der Waals surface area contributed by atoms with Gasteiger partial charge in [-0.15, -0.1) is 11.3 Å². The zero-order chi connectivity index (χ0) is 9.97. The molecule has 1 N–H and O–H groups in total. The zero-order valence-corrected chi connectivity index (χ0v) is 9.60. The van der Waals surface area contributed by atoms with Gasteiger partial charge in [0.05, 0.1) is 0 Å². The van der Waals surface area contributed by atoms with E-state index in [0.29, 0.717) is 6.04 Å². The molecule has 0 aliphatic carbocycles. The fraction of sp³-hybridized carbons (Fsp3) is 0.700. The summed E-state index contributed by atoms with van der Waals surface area (Å²) in [6.07, 6.45) is 1.26. The van der Waals surface area contributed by atoms with E-state index in [0.717, 1.165) is 12.2 Å². The molecule has 0 bridgehead atoms. The van der Waals surface area contributed by atoms with Crippen LogP contribution in [-0.2, 0) is 6.54 Å². The second-order valence-corrected chi connectivity index (χ2v) is 4.95. The van der Waals surface area contributed by atoms with E-state index < -0.39 is 0 Å². The van der Waals surface area contributed by atoms with Crippen molar-refractivity contribution >= 4 is 11.3 Å². The molecule has 0 radical (unpaired) electrons. The molecule has 1 aromatic rings. The third-order valence-corrected chi connectivity index (χ3v) is 3.57. The minimum absolute atomic E-state index is 0.657. The van der Waals surface area contributed by atoms with E-state index in [-0.39, 0.29) is 0 Å². The normalized spacial score (nSPS) is 23.1. The lowest BCUT2D eigenvalue weighted by molar-refractivity contribution is 0.397. The summed E-state index contributed by atoms with van der Waals surface area (Å²) in [6, 6.07) is 0.657. The first-order valence-corrected chi connectivity index (χ1v) is 5.95. The van der Waals surface area contributed by atoms with Crippen molar-refractivity contribution in [2.75, 3.05) is 20.1 Å². The number of nitrogens with one attached hydrogen (secondary N) is 1. The van der Waals surface area contributed by atoms with Gasteiger partial charge in [0.25, 0.3) is 0 Å². The molecular weight excluding hydrogens is 194 g/mol. The Morgan fingerprint density at radius 2 is 2.57 bits per heavy atom. The van der Waals surface area contributed by atoms with Crippen LogP contribution in [0.15, 0.2) is 5.38 Å². The Morgan fingerprint density at radius 3 is 3.14 bits per heavy atom. The lowest BCUT2D eigenvalue weighted by Gasteiger charge is -2.11. The fourth-order valence-corrected chi connectivity index (χ4v) is 2.54. The first kappa shape index (κ1) is 10.1. The molecule has 0 aromatic carbocycles.